The molecule has 0 saturated heterocycles. The number of nitrogens with zero attached hydrogens (tertiary/aromatic N) is 3. The van der Waals surface area contributed by atoms with Gasteiger partial charge in [-0.2, -0.15) is 0 Å². The van der Waals surface area contributed by atoms with Crippen LogP contribution >= 0.6 is 0 Å². The highest BCUT2D eigenvalue weighted by Gasteiger charge is 2.39. The number of aliphatic carboxylic acids is 1. The number of aryl methyl sites for hydroxylation is 1. The topological polar surface area (TPSA) is 110 Å². The van der Waals surface area contributed by atoms with Gasteiger partial charge in [-0.25, -0.2) is 0 Å². The van der Waals surface area contributed by atoms with Crippen molar-refractivity contribution in [3.05, 3.63) is 15.9 Å². The summed E-state index contributed by atoms with van der Waals surface area (Å²) in [4.78, 5) is 25.3. The Morgan fingerprint density at radius 1 is 1.60 bits per heavy atom. The molecule has 110 valence electrons. The predicted molar refractivity (Wildman–Crippen MR) is 71.6 cm³/mol. The summed E-state index contributed by atoms with van der Waals surface area (Å²) in [5.74, 6) is -0.166. The Morgan fingerprint density at radius 3 is 2.70 bits per heavy atom. The van der Waals surface area contributed by atoms with Gasteiger partial charge in [0.25, 0.3) is 0 Å². The monoisotopic (exact) mass is 282 g/mol. The van der Waals surface area contributed by atoms with Gasteiger partial charge in [0.05, 0.1) is 6.42 Å². The number of nitrogens with one attached hydrogen (secondary N) is 1. The Kier molecular flexibility index (Phi) is 3.65. The number of imidazole rings is 1. The summed E-state index contributed by atoms with van der Waals surface area (Å²) < 4.78 is 1.62. The van der Waals surface area contributed by atoms with E-state index in [2.05, 4.69) is 10.3 Å². The molecule has 1 aromatic heterocycles. The molecule has 1 fully saturated rings. The number of aromatic nitrogens is 2. The normalized spacial score (nSPS) is 16.5. The first-order valence-corrected chi connectivity index (χ1v) is 6.48. The van der Waals surface area contributed by atoms with E-state index in [4.69, 9.17) is 5.11 Å². The van der Waals surface area contributed by atoms with Crippen molar-refractivity contribution in [2.45, 2.75) is 32.6 Å². The van der Waals surface area contributed by atoms with Gasteiger partial charge in [-0.15, -0.1) is 0 Å². The molecule has 20 heavy (non-hydrogen) atoms. The Balaban J connectivity index is 2.14. The van der Waals surface area contributed by atoms with Crippen LogP contribution in [-0.4, -0.2) is 32.1 Å². The van der Waals surface area contributed by atoms with Crippen molar-refractivity contribution in [2.24, 2.45) is 12.5 Å². The highest BCUT2D eigenvalue weighted by Crippen LogP contribution is 2.44. The van der Waals surface area contributed by atoms with Crippen molar-refractivity contribution < 1.29 is 14.8 Å². The van der Waals surface area contributed by atoms with Crippen LogP contribution in [0.1, 0.15) is 31.5 Å². The molecule has 2 rings (SSSR count). The van der Waals surface area contributed by atoms with E-state index in [1.807, 2.05) is 0 Å². The molecule has 0 atom stereocenters. The molecule has 8 nitrogen and oxygen atoms in total. The number of carbonyl (C=O) groups is 1. The lowest BCUT2D eigenvalue weighted by molar-refractivity contribution is -0.388. The van der Waals surface area contributed by atoms with Gasteiger partial charge in [-0.05, 0) is 28.2 Å². The highest BCUT2D eigenvalue weighted by atomic mass is 16.6. The summed E-state index contributed by atoms with van der Waals surface area (Å²) in [6.07, 6.45) is 2.75. The van der Waals surface area contributed by atoms with Gasteiger partial charge in [-0.1, -0.05) is 6.42 Å². The van der Waals surface area contributed by atoms with E-state index < -0.39 is 10.9 Å². The average Bonchev–Trinajstić information content (AvgIpc) is 2.59. The van der Waals surface area contributed by atoms with Gasteiger partial charge in [0.1, 0.15) is 0 Å². The maximum atomic E-state index is 11.0. The average molecular weight is 282 g/mol. The van der Waals surface area contributed by atoms with E-state index in [1.165, 1.54) is 0 Å². The van der Waals surface area contributed by atoms with Crippen molar-refractivity contribution in [3.8, 4) is 0 Å². The van der Waals surface area contributed by atoms with Crippen LogP contribution in [0.2, 0.25) is 0 Å². The second-order valence-electron chi connectivity index (χ2n) is 5.42. The lowest BCUT2D eigenvalue weighted by Crippen LogP contribution is -2.39. The molecular weight excluding hydrogens is 264 g/mol. The first-order valence-electron chi connectivity index (χ1n) is 6.48. The lowest BCUT2D eigenvalue weighted by atomic mass is 9.66. The van der Waals surface area contributed by atoms with Gasteiger partial charge in [0.2, 0.25) is 11.6 Å². The summed E-state index contributed by atoms with van der Waals surface area (Å²) in [7, 11) is 1.70. The maximum absolute atomic E-state index is 11.0. The molecule has 0 spiro atoms. The molecule has 0 amide bonds. The molecule has 8 heteroatoms. The van der Waals surface area contributed by atoms with Crippen molar-refractivity contribution in [3.63, 3.8) is 0 Å². The number of carboxylic acids is 1. The van der Waals surface area contributed by atoms with Gasteiger partial charge in [0.15, 0.2) is 0 Å². The Morgan fingerprint density at radius 2 is 2.25 bits per heavy atom. The minimum atomic E-state index is -0.831. The van der Waals surface area contributed by atoms with Crippen LogP contribution in [0.5, 0.6) is 0 Å². The Bertz CT molecular complexity index is 548. The van der Waals surface area contributed by atoms with Gasteiger partial charge in [0, 0.05) is 20.5 Å². The molecular formula is C12H18N4O4. The minimum Gasteiger partial charge on any atom is -0.481 e. The molecule has 1 aliphatic carbocycles. The van der Waals surface area contributed by atoms with Crippen LogP contribution in [0.15, 0.2) is 0 Å². The first-order chi connectivity index (χ1) is 9.34. The van der Waals surface area contributed by atoms with E-state index in [9.17, 15) is 14.9 Å². The van der Waals surface area contributed by atoms with Crippen LogP contribution in [0, 0.1) is 22.5 Å². The van der Waals surface area contributed by atoms with Crippen LogP contribution in [0.4, 0.5) is 11.6 Å². The van der Waals surface area contributed by atoms with Crippen molar-refractivity contribution in [1.29, 1.82) is 0 Å². The summed E-state index contributed by atoms with van der Waals surface area (Å²) in [5, 5.41) is 23.0. The third kappa shape index (κ3) is 2.59. The van der Waals surface area contributed by atoms with E-state index in [-0.39, 0.29) is 17.7 Å². The Labute approximate surface area is 116 Å². The fourth-order valence-corrected chi connectivity index (χ4v) is 2.60. The van der Waals surface area contributed by atoms with Crippen LogP contribution in [-0.2, 0) is 11.8 Å². The third-order valence-electron chi connectivity index (χ3n) is 4.04. The zero-order chi connectivity index (χ0) is 14.9. The molecule has 1 heterocycles. The number of anilines is 1. The predicted octanol–water partition coefficient (Wildman–Crippen LogP) is 1.69. The molecule has 1 aromatic rings. The molecule has 0 radical (unpaired) electrons. The molecule has 0 aliphatic heterocycles. The van der Waals surface area contributed by atoms with Crippen LogP contribution < -0.4 is 5.32 Å². The van der Waals surface area contributed by atoms with Crippen LogP contribution in [0.25, 0.3) is 0 Å². The summed E-state index contributed by atoms with van der Waals surface area (Å²) in [6, 6.07) is 0. The standard InChI is InChI=1S/C12H18N4O4/c1-8-14-11(16(19)20)10(15(8)2)13-7-12(4-3-5-12)6-9(17)18/h13H,3-7H2,1-2H3,(H,17,18). The fourth-order valence-electron chi connectivity index (χ4n) is 2.60. The number of nitro groups is 1. The smallest absolute Gasteiger partial charge is 0.406 e. The molecule has 0 unspecified atom stereocenters. The number of hydrogen-bond acceptors (Lipinski definition) is 5. The third-order valence-corrected chi connectivity index (χ3v) is 4.04. The minimum absolute atomic E-state index is 0.0879. The van der Waals surface area contributed by atoms with Gasteiger partial charge in [-0.3, -0.25) is 9.36 Å². The maximum Gasteiger partial charge on any atom is 0.406 e. The van der Waals surface area contributed by atoms with Crippen molar-refractivity contribution in [1.82, 2.24) is 9.55 Å². The van der Waals surface area contributed by atoms with E-state index >= 15 is 0 Å². The largest absolute Gasteiger partial charge is 0.481 e. The highest BCUT2D eigenvalue weighted by molar-refractivity contribution is 5.68. The number of rotatable bonds is 6. The molecule has 1 aliphatic rings. The number of carboxylic acid groups (broad SMARTS) is 1. The van der Waals surface area contributed by atoms with Crippen molar-refractivity contribution >= 4 is 17.6 Å². The fraction of sp³-hybridized carbons (Fsp3) is 0.667. The molecule has 0 bridgehead atoms. The zero-order valence-electron chi connectivity index (χ0n) is 11.5. The zero-order valence-corrected chi connectivity index (χ0v) is 11.5. The second-order valence-corrected chi connectivity index (χ2v) is 5.42. The number of hydrogen-bond donors (Lipinski definition) is 2. The molecule has 1 saturated carbocycles. The molecule has 2 N–H and O–H groups in total. The SMILES string of the molecule is Cc1nc([N+](=O)[O-])c(NCC2(CC(=O)O)CCC2)n1C. The van der Waals surface area contributed by atoms with Crippen molar-refractivity contribution in [2.75, 3.05) is 11.9 Å². The van der Waals surface area contributed by atoms with E-state index in [0.717, 1.165) is 19.3 Å². The van der Waals surface area contributed by atoms with E-state index in [1.54, 1.807) is 18.5 Å². The first kappa shape index (κ1) is 14.3. The van der Waals surface area contributed by atoms with Gasteiger partial charge >= 0.3 is 11.8 Å². The summed E-state index contributed by atoms with van der Waals surface area (Å²) >= 11 is 0. The summed E-state index contributed by atoms with van der Waals surface area (Å²) in [6.45, 7) is 2.10. The second kappa shape index (κ2) is 5.10. The van der Waals surface area contributed by atoms with E-state index in [0.29, 0.717) is 18.2 Å². The summed E-state index contributed by atoms with van der Waals surface area (Å²) in [5.41, 5.74) is -0.294. The van der Waals surface area contributed by atoms with Crippen LogP contribution in [0.3, 0.4) is 0 Å². The van der Waals surface area contributed by atoms with Gasteiger partial charge < -0.3 is 20.5 Å². The lowest BCUT2D eigenvalue weighted by Gasteiger charge is -2.40. The quantitative estimate of drug-likeness (QED) is 0.607. The Hall–Kier alpha value is -2.12. The molecule has 0 aromatic carbocycles.